The molecule has 2 unspecified atom stereocenters. The van der Waals surface area contributed by atoms with E-state index in [0.717, 1.165) is 5.56 Å². The molecule has 5 N–H and O–H groups in total. The zero-order valence-electron chi connectivity index (χ0n) is 26.4. The number of nitrogens with one attached hydrogen (secondary N) is 2. The van der Waals surface area contributed by atoms with Gasteiger partial charge in [0.25, 0.3) is 11.8 Å². The van der Waals surface area contributed by atoms with Gasteiger partial charge in [0.1, 0.15) is 30.8 Å². The van der Waals surface area contributed by atoms with Gasteiger partial charge in [0.2, 0.25) is 11.8 Å². The molecular formula is C32H31F3N6O9. The zero-order valence-corrected chi connectivity index (χ0v) is 26.4. The number of amides is 2. The summed E-state index contributed by atoms with van der Waals surface area (Å²) < 4.78 is 42.7. The van der Waals surface area contributed by atoms with Gasteiger partial charge in [0.05, 0.1) is 24.4 Å². The van der Waals surface area contributed by atoms with Crippen molar-refractivity contribution in [1.29, 1.82) is 0 Å². The van der Waals surface area contributed by atoms with Crippen LogP contribution in [0.3, 0.4) is 0 Å². The minimum atomic E-state index is -5.08. The molecule has 2 aromatic carbocycles. The van der Waals surface area contributed by atoms with Crippen LogP contribution in [0.4, 0.5) is 30.5 Å². The molecule has 0 aliphatic carbocycles. The van der Waals surface area contributed by atoms with E-state index >= 15 is 0 Å². The summed E-state index contributed by atoms with van der Waals surface area (Å²) in [5, 5.41) is 12.5. The van der Waals surface area contributed by atoms with E-state index < -0.39 is 29.7 Å². The molecule has 0 spiro atoms. The van der Waals surface area contributed by atoms with Gasteiger partial charge < -0.3 is 35.2 Å². The van der Waals surface area contributed by atoms with Gasteiger partial charge >= 0.3 is 18.1 Å². The molecule has 0 radical (unpaired) electrons. The van der Waals surface area contributed by atoms with Crippen LogP contribution >= 0.6 is 0 Å². The Kier molecular flexibility index (Phi) is 11.5. The number of nitrogens with two attached hydrogens (primary N) is 1. The number of benzene rings is 2. The van der Waals surface area contributed by atoms with E-state index in [-0.39, 0.29) is 37.3 Å². The van der Waals surface area contributed by atoms with Gasteiger partial charge in [-0.1, -0.05) is 18.2 Å². The Balaban J connectivity index is 0.000000727. The van der Waals surface area contributed by atoms with Crippen molar-refractivity contribution in [3.05, 3.63) is 70.9 Å². The first kappa shape index (κ1) is 36.9. The van der Waals surface area contributed by atoms with Crippen LogP contribution in [0.25, 0.3) is 0 Å². The zero-order chi connectivity index (χ0) is 36.6. The highest BCUT2D eigenvalue weighted by molar-refractivity contribution is 6.13. The van der Waals surface area contributed by atoms with Gasteiger partial charge in [-0.3, -0.25) is 24.6 Å². The molecule has 1 fully saturated rings. The van der Waals surface area contributed by atoms with E-state index in [1.54, 1.807) is 49.4 Å². The summed E-state index contributed by atoms with van der Waals surface area (Å²) in [5.74, 6) is -3.50. The molecule has 15 nitrogen and oxygen atoms in total. The van der Waals surface area contributed by atoms with Gasteiger partial charge in [-0.15, -0.1) is 0 Å². The van der Waals surface area contributed by atoms with E-state index in [0.29, 0.717) is 66.1 Å². The average molecular weight is 701 g/mol. The standard InChI is InChI=1S/C30H30N6O7.C2HF3O2/c1-18-13-24(34-29(31)33-18)42-12-2-3-19-6-9-23-22(14-19)27(40)32-15-25(39)36(23)21-7-4-20(5-8-21)16-43-28(41)26-30(17-38,35-26)10-11-37;3-2(4,5)1(6)7/h4-9,11,13-14,17,26,35H,2-3,10,12,15-16H2,1H3,(H,32,40)(H2,31,33,34);(H,6,7). The molecule has 0 bridgehead atoms. The van der Waals surface area contributed by atoms with Crippen molar-refractivity contribution in [3.63, 3.8) is 0 Å². The largest absolute Gasteiger partial charge is 0.490 e. The van der Waals surface area contributed by atoms with Crippen molar-refractivity contribution in [1.82, 2.24) is 20.6 Å². The van der Waals surface area contributed by atoms with Crippen LogP contribution < -0.4 is 26.0 Å². The first-order valence-corrected chi connectivity index (χ1v) is 14.9. The van der Waals surface area contributed by atoms with E-state index in [2.05, 4.69) is 20.6 Å². The molecule has 50 heavy (non-hydrogen) atoms. The number of aldehydes is 2. The number of carbonyl (C=O) groups is 6. The number of alkyl halides is 3. The molecule has 2 atom stereocenters. The highest BCUT2D eigenvalue weighted by atomic mass is 19.4. The van der Waals surface area contributed by atoms with Crippen LogP contribution in [0.15, 0.2) is 48.5 Å². The highest BCUT2D eigenvalue weighted by Crippen LogP contribution is 2.32. The number of hydrogen-bond acceptors (Lipinski definition) is 12. The molecule has 264 valence electrons. The molecule has 1 aromatic heterocycles. The number of aryl methyl sites for hydroxylation is 2. The monoisotopic (exact) mass is 700 g/mol. The van der Waals surface area contributed by atoms with Crippen LogP contribution in [0.1, 0.15) is 40.0 Å². The fourth-order valence-electron chi connectivity index (χ4n) is 4.89. The maximum absolute atomic E-state index is 13.1. The highest BCUT2D eigenvalue weighted by Gasteiger charge is 2.59. The number of carbonyl (C=O) groups excluding carboxylic acids is 5. The molecule has 2 aliphatic rings. The number of rotatable bonds is 12. The third kappa shape index (κ3) is 9.16. The van der Waals surface area contributed by atoms with Crippen molar-refractivity contribution >= 4 is 53.6 Å². The Labute approximate surface area is 282 Å². The second-order valence-electron chi connectivity index (χ2n) is 11.1. The summed E-state index contributed by atoms with van der Waals surface area (Å²) in [4.78, 5) is 78.8. The number of aliphatic carboxylic acids is 1. The Morgan fingerprint density at radius 2 is 1.78 bits per heavy atom. The Morgan fingerprint density at radius 3 is 2.40 bits per heavy atom. The molecule has 2 amide bonds. The number of nitrogens with zero attached hydrogens (tertiary/aromatic N) is 3. The number of nitrogen functional groups attached to an aromatic ring is 1. The molecule has 5 rings (SSSR count). The molecule has 3 aromatic rings. The number of anilines is 3. The maximum Gasteiger partial charge on any atom is 0.490 e. The summed E-state index contributed by atoms with van der Waals surface area (Å²) in [6.07, 6.45) is -2.78. The first-order chi connectivity index (χ1) is 23.7. The van der Waals surface area contributed by atoms with Crippen molar-refractivity contribution in [2.24, 2.45) is 0 Å². The van der Waals surface area contributed by atoms with Crippen molar-refractivity contribution in [2.45, 2.75) is 50.6 Å². The Hall–Kier alpha value is -5.91. The number of carboxylic acids is 1. The van der Waals surface area contributed by atoms with Gasteiger partial charge in [-0.25, -0.2) is 9.78 Å². The lowest BCUT2D eigenvalue weighted by atomic mass is 10.0. The molecule has 18 heteroatoms. The summed E-state index contributed by atoms with van der Waals surface area (Å²) in [5.41, 5.74) is 8.10. The van der Waals surface area contributed by atoms with Crippen LogP contribution in [-0.2, 0) is 41.7 Å². The molecule has 0 saturated carbocycles. The lowest BCUT2D eigenvalue weighted by Gasteiger charge is -2.23. The smallest absolute Gasteiger partial charge is 0.478 e. The van der Waals surface area contributed by atoms with Gasteiger partial charge in [0.15, 0.2) is 0 Å². The normalized spacial score (nSPS) is 18.0. The summed E-state index contributed by atoms with van der Waals surface area (Å²) in [7, 11) is 0. The molecule has 1 saturated heterocycles. The predicted octanol–water partition coefficient (Wildman–Crippen LogP) is 1.96. The first-order valence-electron chi connectivity index (χ1n) is 14.9. The van der Waals surface area contributed by atoms with Crippen molar-refractivity contribution in [3.8, 4) is 5.88 Å². The van der Waals surface area contributed by atoms with E-state index in [9.17, 15) is 37.1 Å². The summed E-state index contributed by atoms with van der Waals surface area (Å²) >= 11 is 0. The van der Waals surface area contributed by atoms with E-state index in [4.69, 9.17) is 25.1 Å². The van der Waals surface area contributed by atoms with E-state index in [1.807, 2.05) is 6.07 Å². The number of hydrogen-bond donors (Lipinski definition) is 4. The molecule has 2 aliphatic heterocycles. The number of ether oxygens (including phenoxy) is 2. The number of carboxylic acid groups (broad SMARTS) is 1. The predicted molar refractivity (Wildman–Crippen MR) is 167 cm³/mol. The SMILES string of the molecule is Cc1cc(OCCCc2ccc3c(c2)C(=O)NCC(=O)N3c2ccc(COC(=O)C3NC3(C=O)CC=O)cc2)nc(N)n1.O=C(O)C(F)(F)F. The maximum atomic E-state index is 13.1. The quantitative estimate of drug-likeness (QED) is 0.0918. The topological polar surface area (TPSA) is 230 Å². The van der Waals surface area contributed by atoms with E-state index in [1.165, 1.54) is 4.90 Å². The number of halogens is 3. The number of aromatic nitrogens is 2. The fraction of sp³-hybridized carbons (Fsp3) is 0.312. The van der Waals surface area contributed by atoms with Crippen molar-refractivity contribution < 1.29 is 56.5 Å². The van der Waals surface area contributed by atoms with Crippen LogP contribution in [0.5, 0.6) is 5.88 Å². The summed E-state index contributed by atoms with van der Waals surface area (Å²) in [6.45, 7) is 1.96. The third-order valence-electron chi connectivity index (χ3n) is 7.43. The van der Waals surface area contributed by atoms with Crippen LogP contribution in [0.2, 0.25) is 0 Å². The minimum absolute atomic E-state index is 0.0603. The third-order valence-corrected chi connectivity index (χ3v) is 7.43. The van der Waals surface area contributed by atoms with Gasteiger partial charge in [-0.2, -0.15) is 18.2 Å². The minimum Gasteiger partial charge on any atom is -0.478 e. The molecular weight excluding hydrogens is 669 g/mol. The Bertz CT molecular complexity index is 1770. The van der Waals surface area contributed by atoms with Gasteiger partial charge in [0, 0.05) is 23.9 Å². The lowest BCUT2D eigenvalue weighted by molar-refractivity contribution is -0.192. The Morgan fingerprint density at radius 1 is 1.10 bits per heavy atom. The van der Waals surface area contributed by atoms with Gasteiger partial charge in [-0.05, 0) is 55.2 Å². The molecule has 3 heterocycles. The van der Waals surface area contributed by atoms with Crippen LogP contribution in [0, 0.1) is 6.92 Å². The lowest BCUT2D eigenvalue weighted by Crippen LogP contribution is -2.33. The second-order valence-corrected chi connectivity index (χ2v) is 11.1. The summed E-state index contributed by atoms with van der Waals surface area (Å²) in [6, 6.07) is 13.0. The fourth-order valence-corrected chi connectivity index (χ4v) is 4.89. The van der Waals surface area contributed by atoms with Crippen molar-refractivity contribution in [2.75, 3.05) is 23.8 Å². The average Bonchev–Trinajstić information content (AvgIpc) is 3.81. The van der Waals surface area contributed by atoms with Crippen LogP contribution in [-0.4, -0.2) is 82.3 Å². The number of fused-ring (bicyclic) bond motifs is 1. The number of esters is 1. The second kappa shape index (κ2) is 15.5.